The van der Waals surface area contributed by atoms with Gasteiger partial charge in [0.1, 0.15) is 17.5 Å². The first kappa shape index (κ1) is 19.7. The van der Waals surface area contributed by atoms with Gasteiger partial charge in [0.05, 0.1) is 5.69 Å². The molecule has 1 aromatic heterocycles. The summed E-state index contributed by atoms with van der Waals surface area (Å²) in [5.41, 5.74) is 14.3. The number of nitrogen functional groups attached to an aromatic ring is 2. The smallest absolute Gasteiger partial charge is 0.222 e. The summed E-state index contributed by atoms with van der Waals surface area (Å²) in [6.45, 7) is 7.61. The van der Waals surface area contributed by atoms with Gasteiger partial charge in [-0.15, -0.1) is 0 Å². The molecule has 1 heterocycles. The van der Waals surface area contributed by atoms with Crippen LogP contribution in [0.4, 0.5) is 11.8 Å². The number of hydrogen-bond donors (Lipinski definition) is 2. The minimum atomic E-state index is 0.0749. The van der Waals surface area contributed by atoms with Crippen LogP contribution in [-0.4, -0.2) is 28.0 Å². The van der Waals surface area contributed by atoms with E-state index in [1.165, 1.54) is 31.2 Å². The van der Waals surface area contributed by atoms with Gasteiger partial charge in [0.2, 0.25) is 5.95 Å². The zero-order chi connectivity index (χ0) is 18.9. The van der Waals surface area contributed by atoms with Crippen molar-refractivity contribution < 1.29 is 0 Å². The molecule has 0 spiro atoms. The molecule has 0 radical (unpaired) electrons. The van der Waals surface area contributed by atoms with Crippen LogP contribution in [0.5, 0.6) is 0 Å². The average Bonchev–Trinajstić information content (AvgIpc) is 2.64. The van der Waals surface area contributed by atoms with E-state index in [1.54, 1.807) is 0 Å². The average molecular weight is 352 g/mol. The van der Waals surface area contributed by atoms with E-state index in [2.05, 4.69) is 46.9 Å². The second kappa shape index (κ2) is 9.73. The summed E-state index contributed by atoms with van der Waals surface area (Å²) >= 11 is 0. The molecule has 6 heteroatoms. The molecule has 0 fully saturated rings. The molecule has 0 aliphatic rings. The highest BCUT2D eigenvalue weighted by Crippen LogP contribution is 2.25. The van der Waals surface area contributed by atoms with Crippen LogP contribution in [0, 0.1) is 11.3 Å². The van der Waals surface area contributed by atoms with Crippen LogP contribution in [-0.2, 0) is 6.54 Å². The standard InChI is InChI=1S/C20H28N6/c1-3-5-11-26(12-6-4-2)14-15-7-9-16(10-8-15)18-17(13-21)19(22)25-20(23)24-18/h7-10H,3-6,11-12,14H2,1-2H3,(H4,22,23,24,25). The van der Waals surface area contributed by atoms with Crippen molar-refractivity contribution in [3.05, 3.63) is 35.4 Å². The van der Waals surface area contributed by atoms with E-state index in [-0.39, 0.29) is 17.3 Å². The van der Waals surface area contributed by atoms with Gasteiger partial charge in [-0.3, -0.25) is 4.90 Å². The number of anilines is 2. The lowest BCUT2D eigenvalue weighted by atomic mass is 10.0. The molecule has 1 aromatic carbocycles. The summed E-state index contributed by atoms with van der Waals surface area (Å²) in [6, 6.07) is 10.2. The summed E-state index contributed by atoms with van der Waals surface area (Å²) in [4.78, 5) is 10.6. The minimum Gasteiger partial charge on any atom is -0.382 e. The van der Waals surface area contributed by atoms with Gasteiger partial charge in [0, 0.05) is 12.1 Å². The van der Waals surface area contributed by atoms with Crippen molar-refractivity contribution in [3.63, 3.8) is 0 Å². The van der Waals surface area contributed by atoms with Crippen molar-refractivity contribution in [3.8, 4) is 17.3 Å². The van der Waals surface area contributed by atoms with E-state index in [0.717, 1.165) is 25.2 Å². The fourth-order valence-corrected chi connectivity index (χ4v) is 2.87. The Hall–Kier alpha value is -2.65. The van der Waals surface area contributed by atoms with Crippen molar-refractivity contribution in [1.29, 1.82) is 5.26 Å². The van der Waals surface area contributed by atoms with Crippen LogP contribution in [0.15, 0.2) is 24.3 Å². The number of aromatic nitrogens is 2. The molecular formula is C20H28N6. The van der Waals surface area contributed by atoms with Gasteiger partial charge >= 0.3 is 0 Å². The fraction of sp³-hybridized carbons (Fsp3) is 0.450. The molecule has 0 atom stereocenters. The zero-order valence-electron chi connectivity index (χ0n) is 15.7. The summed E-state index contributed by atoms with van der Waals surface area (Å²) in [7, 11) is 0. The molecule has 26 heavy (non-hydrogen) atoms. The SMILES string of the molecule is CCCCN(CCCC)Cc1ccc(-c2nc(N)nc(N)c2C#N)cc1. The lowest BCUT2D eigenvalue weighted by Gasteiger charge is -2.22. The topological polar surface area (TPSA) is 105 Å². The quantitative estimate of drug-likeness (QED) is 0.714. The zero-order valence-corrected chi connectivity index (χ0v) is 15.7. The van der Waals surface area contributed by atoms with Crippen LogP contribution >= 0.6 is 0 Å². The van der Waals surface area contributed by atoms with E-state index < -0.39 is 0 Å². The van der Waals surface area contributed by atoms with E-state index in [0.29, 0.717) is 5.69 Å². The summed E-state index contributed by atoms with van der Waals surface area (Å²) in [5, 5.41) is 9.33. The Morgan fingerprint density at radius 3 is 2.15 bits per heavy atom. The maximum Gasteiger partial charge on any atom is 0.222 e. The highest BCUT2D eigenvalue weighted by atomic mass is 15.1. The third-order valence-corrected chi connectivity index (χ3v) is 4.36. The normalized spacial score (nSPS) is 10.8. The molecule has 138 valence electrons. The van der Waals surface area contributed by atoms with E-state index >= 15 is 0 Å². The third kappa shape index (κ3) is 5.17. The van der Waals surface area contributed by atoms with Gasteiger partial charge < -0.3 is 11.5 Å². The Morgan fingerprint density at radius 2 is 1.62 bits per heavy atom. The van der Waals surface area contributed by atoms with Crippen LogP contribution in [0.2, 0.25) is 0 Å². The highest BCUT2D eigenvalue weighted by molar-refractivity contribution is 5.73. The number of rotatable bonds is 9. The van der Waals surface area contributed by atoms with Crippen LogP contribution in [0.3, 0.4) is 0 Å². The van der Waals surface area contributed by atoms with E-state index in [1.807, 2.05) is 12.1 Å². The van der Waals surface area contributed by atoms with E-state index in [4.69, 9.17) is 11.5 Å². The number of nitrogens with zero attached hydrogens (tertiary/aromatic N) is 4. The summed E-state index contributed by atoms with van der Waals surface area (Å²) < 4.78 is 0. The molecule has 0 saturated heterocycles. The van der Waals surface area contributed by atoms with Gasteiger partial charge in [-0.1, -0.05) is 51.0 Å². The monoisotopic (exact) mass is 352 g/mol. The van der Waals surface area contributed by atoms with Gasteiger partial charge in [-0.2, -0.15) is 10.2 Å². The maximum atomic E-state index is 9.33. The Labute approximate surface area is 155 Å². The van der Waals surface area contributed by atoms with Gasteiger partial charge in [-0.05, 0) is 31.5 Å². The largest absolute Gasteiger partial charge is 0.382 e. The molecule has 2 aromatic rings. The van der Waals surface area contributed by atoms with Crippen LogP contribution in [0.1, 0.15) is 50.7 Å². The molecule has 4 N–H and O–H groups in total. The van der Waals surface area contributed by atoms with E-state index in [9.17, 15) is 5.26 Å². The molecule has 2 rings (SSSR count). The minimum absolute atomic E-state index is 0.0749. The van der Waals surface area contributed by atoms with Crippen molar-refractivity contribution in [2.24, 2.45) is 0 Å². The Balaban J connectivity index is 2.19. The highest BCUT2D eigenvalue weighted by Gasteiger charge is 2.13. The number of benzene rings is 1. The second-order valence-corrected chi connectivity index (χ2v) is 6.48. The lowest BCUT2D eigenvalue weighted by Crippen LogP contribution is -2.25. The Kier molecular flexibility index (Phi) is 7.37. The molecule has 0 amide bonds. The molecule has 0 aliphatic carbocycles. The second-order valence-electron chi connectivity index (χ2n) is 6.48. The Morgan fingerprint density at radius 1 is 1.00 bits per heavy atom. The van der Waals surface area contributed by atoms with Crippen LogP contribution in [0.25, 0.3) is 11.3 Å². The molecular weight excluding hydrogens is 324 g/mol. The first-order valence-corrected chi connectivity index (χ1v) is 9.23. The number of unbranched alkanes of at least 4 members (excludes halogenated alkanes) is 2. The van der Waals surface area contributed by atoms with Gasteiger partial charge in [0.15, 0.2) is 0 Å². The third-order valence-electron chi connectivity index (χ3n) is 4.36. The maximum absolute atomic E-state index is 9.33. The van der Waals surface area contributed by atoms with Gasteiger partial charge in [0.25, 0.3) is 0 Å². The predicted molar refractivity (Wildman–Crippen MR) is 106 cm³/mol. The molecule has 0 aliphatic heterocycles. The van der Waals surface area contributed by atoms with Crippen molar-refractivity contribution in [2.75, 3.05) is 24.6 Å². The first-order valence-electron chi connectivity index (χ1n) is 9.23. The number of hydrogen-bond acceptors (Lipinski definition) is 6. The number of nitrogens with two attached hydrogens (primary N) is 2. The van der Waals surface area contributed by atoms with Crippen LogP contribution < -0.4 is 11.5 Å². The van der Waals surface area contributed by atoms with Crippen molar-refractivity contribution in [2.45, 2.75) is 46.1 Å². The predicted octanol–water partition coefficient (Wildman–Crippen LogP) is 3.58. The number of nitriles is 1. The Bertz CT molecular complexity index is 740. The summed E-state index contributed by atoms with van der Waals surface area (Å²) in [6.07, 6.45) is 4.84. The summed E-state index contributed by atoms with van der Waals surface area (Å²) in [5.74, 6) is 0.190. The van der Waals surface area contributed by atoms with Crippen molar-refractivity contribution in [1.82, 2.24) is 14.9 Å². The molecule has 0 bridgehead atoms. The first-order chi connectivity index (χ1) is 12.6. The van der Waals surface area contributed by atoms with Crippen molar-refractivity contribution >= 4 is 11.8 Å². The lowest BCUT2D eigenvalue weighted by molar-refractivity contribution is 0.257. The molecule has 0 saturated carbocycles. The molecule has 6 nitrogen and oxygen atoms in total. The fourth-order valence-electron chi connectivity index (χ4n) is 2.87. The molecule has 0 unspecified atom stereocenters. The van der Waals surface area contributed by atoms with Gasteiger partial charge in [-0.25, -0.2) is 4.98 Å².